The number of likely N-dealkylation sites (tertiary alicyclic amines) is 1. The molecule has 1 aliphatic carbocycles. The molecular weight excluding hydrogens is 339 g/mol. The Bertz CT molecular complexity index is 1070. The van der Waals surface area contributed by atoms with E-state index in [9.17, 15) is 14.0 Å². The molecule has 134 valence electrons. The summed E-state index contributed by atoms with van der Waals surface area (Å²) in [4.78, 5) is 29.4. The van der Waals surface area contributed by atoms with Gasteiger partial charge in [0, 0.05) is 19.3 Å². The van der Waals surface area contributed by atoms with Gasteiger partial charge in [-0.3, -0.25) is 19.0 Å². The summed E-state index contributed by atoms with van der Waals surface area (Å²) < 4.78 is 15.7. The molecule has 9 heteroatoms. The molecule has 5 rings (SSSR count). The molecule has 0 aromatic carbocycles. The summed E-state index contributed by atoms with van der Waals surface area (Å²) in [5, 5.41) is 8.57. The summed E-state index contributed by atoms with van der Waals surface area (Å²) in [5.41, 5.74) is 1.24. The smallest absolute Gasteiger partial charge is 0.276 e. The molecule has 0 bridgehead atoms. The van der Waals surface area contributed by atoms with Crippen LogP contribution in [0.1, 0.15) is 16.1 Å². The van der Waals surface area contributed by atoms with Crippen molar-refractivity contribution in [1.82, 2.24) is 29.3 Å². The number of halogens is 1. The maximum atomic E-state index is 12.8. The average Bonchev–Trinajstić information content (AvgIpc) is 3.08. The number of fused-ring (bicyclic) bond motifs is 2. The van der Waals surface area contributed by atoms with Gasteiger partial charge in [0.2, 0.25) is 5.95 Å². The van der Waals surface area contributed by atoms with Crippen LogP contribution in [0.3, 0.4) is 0 Å². The molecular formula is C17H17FN6O2. The molecule has 0 spiro atoms. The number of hydrogen-bond acceptors (Lipinski definition) is 4. The van der Waals surface area contributed by atoms with Gasteiger partial charge in [-0.2, -0.15) is 5.10 Å². The van der Waals surface area contributed by atoms with E-state index in [2.05, 4.69) is 15.2 Å². The molecule has 3 atom stereocenters. The van der Waals surface area contributed by atoms with Crippen molar-refractivity contribution in [2.45, 2.75) is 6.92 Å². The van der Waals surface area contributed by atoms with Crippen LogP contribution in [0.5, 0.6) is 0 Å². The second kappa shape index (κ2) is 5.26. The summed E-state index contributed by atoms with van der Waals surface area (Å²) >= 11 is 0. The standard InChI is InChI=1S/C17H17FN6O2/c1-9-11(16(26)22-7-12-10(5-18)13(12)8-22)6-19-24(9)17-20-15(25)14-3-2-4-23(14)21-17/h2-4,6,10,12-13H,5,7-8H2,1H3,(H,20,21,25)/t10?,12-,13+. The topological polar surface area (TPSA) is 88.3 Å². The van der Waals surface area contributed by atoms with Crippen LogP contribution < -0.4 is 5.56 Å². The van der Waals surface area contributed by atoms with Crippen molar-refractivity contribution in [3.8, 4) is 5.95 Å². The van der Waals surface area contributed by atoms with Gasteiger partial charge >= 0.3 is 0 Å². The fourth-order valence-corrected chi connectivity index (χ4v) is 4.07. The Morgan fingerprint density at radius 2 is 2.15 bits per heavy atom. The number of nitrogens with one attached hydrogen (secondary N) is 1. The lowest BCUT2D eigenvalue weighted by Gasteiger charge is -2.19. The quantitative estimate of drug-likeness (QED) is 0.752. The molecule has 26 heavy (non-hydrogen) atoms. The maximum Gasteiger partial charge on any atom is 0.276 e. The lowest BCUT2D eigenvalue weighted by molar-refractivity contribution is 0.0764. The van der Waals surface area contributed by atoms with E-state index in [1.54, 1.807) is 30.2 Å². The first-order valence-corrected chi connectivity index (χ1v) is 8.56. The van der Waals surface area contributed by atoms with Crippen molar-refractivity contribution in [3.63, 3.8) is 0 Å². The zero-order chi connectivity index (χ0) is 18.0. The van der Waals surface area contributed by atoms with E-state index in [-0.39, 0.29) is 30.0 Å². The summed E-state index contributed by atoms with van der Waals surface area (Å²) in [6, 6.07) is 3.40. The van der Waals surface area contributed by atoms with Crippen LogP contribution in [0.25, 0.3) is 11.5 Å². The first-order chi connectivity index (χ1) is 12.6. The molecule has 1 saturated carbocycles. The Labute approximate surface area is 147 Å². The molecule has 3 aromatic rings. The Morgan fingerprint density at radius 1 is 1.38 bits per heavy atom. The van der Waals surface area contributed by atoms with Gasteiger partial charge in [-0.15, -0.1) is 5.10 Å². The average molecular weight is 356 g/mol. The number of carbonyl (C=O) groups is 1. The third-order valence-electron chi connectivity index (χ3n) is 5.67. The van der Waals surface area contributed by atoms with Crippen LogP contribution in [0.2, 0.25) is 0 Å². The highest BCUT2D eigenvalue weighted by molar-refractivity contribution is 5.95. The van der Waals surface area contributed by atoms with Gasteiger partial charge in [-0.05, 0) is 36.8 Å². The number of nitrogens with zero attached hydrogens (tertiary/aromatic N) is 5. The first kappa shape index (κ1) is 15.3. The molecule has 3 aromatic heterocycles. The Kier molecular flexibility index (Phi) is 3.10. The van der Waals surface area contributed by atoms with Gasteiger partial charge in [0.15, 0.2) is 0 Å². The van der Waals surface area contributed by atoms with E-state index in [1.807, 2.05) is 0 Å². The number of aromatic amines is 1. The lowest BCUT2D eigenvalue weighted by atomic mass is 10.2. The minimum atomic E-state index is -0.296. The predicted octanol–water partition coefficient (Wildman–Crippen LogP) is 0.804. The fraction of sp³-hybridized carbons (Fsp3) is 0.412. The van der Waals surface area contributed by atoms with Crippen LogP contribution in [-0.4, -0.2) is 54.9 Å². The van der Waals surface area contributed by atoms with E-state index >= 15 is 0 Å². The van der Waals surface area contributed by atoms with Gasteiger partial charge in [0.1, 0.15) is 5.52 Å². The molecule has 0 radical (unpaired) electrons. The van der Waals surface area contributed by atoms with Crippen LogP contribution in [0.15, 0.2) is 29.3 Å². The van der Waals surface area contributed by atoms with Gasteiger partial charge in [-0.1, -0.05) is 0 Å². The fourth-order valence-electron chi connectivity index (χ4n) is 4.07. The Hall–Kier alpha value is -2.97. The third kappa shape index (κ3) is 2.06. The van der Waals surface area contributed by atoms with Gasteiger partial charge < -0.3 is 4.90 Å². The monoisotopic (exact) mass is 356 g/mol. The van der Waals surface area contributed by atoms with Crippen LogP contribution >= 0.6 is 0 Å². The number of hydrogen-bond donors (Lipinski definition) is 1. The number of H-pyrrole nitrogens is 1. The molecule has 8 nitrogen and oxygen atoms in total. The van der Waals surface area contributed by atoms with Crippen LogP contribution in [0, 0.1) is 24.7 Å². The van der Waals surface area contributed by atoms with Crippen molar-refractivity contribution in [2.24, 2.45) is 17.8 Å². The van der Waals surface area contributed by atoms with E-state index in [0.717, 1.165) is 0 Å². The normalized spacial score (nSPS) is 24.2. The summed E-state index contributed by atoms with van der Waals surface area (Å²) in [6.07, 6.45) is 3.17. The SMILES string of the molecule is Cc1c(C(=O)N2C[C@@H]3C(CF)[C@@H]3C2)cnn1-c1nn2cccc2c(=O)[nH]1. The largest absolute Gasteiger partial charge is 0.338 e. The van der Waals surface area contributed by atoms with Crippen molar-refractivity contribution in [1.29, 1.82) is 0 Å². The summed E-state index contributed by atoms with van der Waals surface area (Å²) in [6.45, 7) is 2.68. The summed E-state index contributed by atoms with van der Waals surface area (Å²) in [7, 11) is 0. The summed E-state index contributed by atoms with van der Waals surface area (Å²) in [5.74, 6) is 0.868. The zero-order valence-electron chi connectivity index (χ0n) is 14.1. The Morgan fingerprint density at radius 3 is 2.88 bits per heavy atom. The molecule has 1 amide bonds. The minimum Gasteiger partial charge on any atom is -0.338 e. The Balaban J connectivity index is 1.45. The second-order valence-electron chi connectivity index (χ2n) is 7.03. The molecule has 4 heterocycles. The van der Waals surface area contributed by atoms with E-state index < -0.39 is 0 Å². The molecule has 2 aliphatic rings. The van der Waals surface area contributed by atoms with Crippen molar-refractivity contribution in [3.05, 3.63) is 46.1 Å². The van der Waals surface area contributed by atoms with Crippen LogP contribution in [0.4, 0.5) is 4.39 Å². The number of alkyl halides is 1. The zero-order valence-corrected chi connectivity index (χ0v) is 14.1. The minimum absolute atomic E-state index is 0.108. The number of piperidine rings is 1. The molecule has 1 aliphatic heterocycles. The highest BCUT2D eigenvalue weighted by Crippen LogP contribution is 2.52. The molecule has 1 N–H and O–H groups in total. The van der Waals surface area contributed by atoms with Crippen molar-refractivity contribution in [2.75, 3.05) is 19.8 Å². The number of aromatic nitrogens is 5. The number of rotatable bonds is 3. The third-order valence-corrected chi connectivity index (χ3v) is 5.67. The number of amides is 1. The maximum absolute atomic E-state index is 12.8. The predicted molar refractivity (Wildman–Crippen MR) is 90.0 cm³/mol. The first-order valence-electron chi connectivity index (χ1n) is 8.56. The van der Waals surface area contributed by atoms with Crippen molar-refractivity contribution < 1.29 is 9.18 Å². The van der Waals surface area contributed by atoms with Crippen molar-refractivity contribution >= 4 is 11.4 Å². The van der Waals surface area contributed by atoms with Gasteiger partial charge in [-0.25, -0.2) is 9.20 Å². The molecule has 1 saturated heterocycles. The second-order valence-corrected chi connectivity index (χ2v) is 7.03. The highest BCUT2D eigenvalue weighted by atomic mass is 19.1. The van der Waals surface area contributed by atoms with Crippen LogP contribution in [-0.2, 0) is 0 Å². The lowest BCUT2D eigenvalue weighted by Crippen LogP contribution is -2.32. The van der Waals surface area contributed by atoms with Gasteiger partial charge in [0.25, 0.3) is 11.5 Å². The van der Waals surface area contributed by atoms with E-state index in [4.69, 9.17) is 0 Å². The van der Waals surface area contributed by atoms with E-state index in [1.165, 1.54) is 15.4 Å². The molecule has 2 fully saturated rings. The molecule has 1 unspecified atom stereocenters. The highest BCUT2D eigenvalue weighted by Gasteiger charge is 2.56. The van der Waals surface area contributed by atoms with E-state index in [0.29, 0.717) is 41.7 Å². The number of carbonyl (C=O) groups excluding carboxylic acids is 1. The van der Waals surface area contributed by atoms with Gasteiger partial charge in [0.05, 0.1) is 24.1 Å².